The molecule has 0 heterocycles. The molecule has 0 radical (unpaired) electrons. The van der Waals surface area contributed by atoms with E-state index in [2.05, 4.69) is 13.0 Å². The largest absolute Gasteiger partial charge is 0.400 e. The van der Waals surface area contributed by atoms with Crippen molar-refractivity contribution in [3.8, 4) is 0 Å². The van der Waals surface area contributed by atoms with E-state index in [0.29, 0.717) is 12.1 Å². The molecule has 25 heavy (non-hydrogen) atoms. The quantitative estimate of drug-likeness (QED) is 0.393. The lowest BCUT2D eigenvalue weighted by Crippen LogP contribution is -2.29. The lowest BCUT2D eigenvalue weighted by atomic mass is 10.0. The fraction of sp³-hybridized carbons (Fsp3) is 0.263. The Bertz CT molecular complexity index is 676. The third-order valence-electron chi connectivity index (χ3n) is 3.36. The summed E-state index contributed by atoms with van der Waals surface area (Å²) in [4.78, 5) is 10.2. The highest BCUT2D eigenvalue weighted by Gasteiger charge is 2.09. The maximum Gasteiger partial charge on any atom is 0.269 e. The Balaban J connectivity index is 2.50. The summed E-state index contributed by atoms with van der Waals surface area (Å²) in [5.41, 5.74) is 15.0. The zero-order chi connectivity index (χ0) is 18.7. The van der Waals surface area contributed by atoms with Crippen molar-refractivity contribution in [3.63, 3.8) is 0 Å². The van der Waals surface area contributed by atoms with Gasteiger partial charge in [0.2, 0.25) is 0 Å². The second kappa shape index (κ2) is 11.3. The molecule has 1 rings (SSSR count). The minimum atomic E-state index is -0.418. The predicted octanol–water partition coefficient (Wildman–Crippen LogP) is 4.08. The monoisotopic (exact) mass is 359 g/mol. The van der Waals surface area contributed by atoms with Gasteiger partial charge in [0, 0.05) is 29.6 Å². The summed E-state index contributed by atoms with van der Waals surface area (Å²) in [6.07, 6.45) is 10.5. The molecule has 0 bridgehead atoms. The van der Waals surface area contributed by atoms with Gasteiger partial charge >= 0.3 is 0 Å². The van der Waals surface area contributed by atoms with Crippen molar-refractivity contribution in [2.75, 3.05) is 5.75 Å². The van der Waals surface area contributed by atoms with Crippen molar-refractivity contribution < 1.29 is 4.92 Å². The van der Waals surface area contributed by atoms with Gasteiger partial charge in [0.25, 0.3) is 5.69 Å². The second-order valence-electron chi connectivity index (χ2n) is 5.59. The average Bonchev–Trinajstić information content (AvgIpc) is 2.59. The van der Waals surface area contributed by atoms with Gasteiger partial charge in [-0.25, -0.2) is 0 Å². The number of thioether (sulfide) groups is 1. The third-order valence-corrected chi connectivity index (χ3v) is 4.42. The Morgan fingerprint density at radius 1 is 1.28 bits per heavy atom. The SMILES string of the molecule is C\C=C/C=C\C=C(/C)CS/C=C(\N)[C@@H](N)Cc1ccc([N+](=O)[O-])cc1. The summed E-state index contributed by atoms with van der Waals surface area (Å²) in [6, 6.07) is 6.07. The number of allylic oxidation sites excluding steroid dienone is 5. The number of benzene rings is 1. The van der Waals surface area contributed by atoms with E-state index in [9.17, 15) is 10.1 Å². The average molecular weight is 359 g/mol. The van der Waals surface area contributed by atoms with Gasteiger partial charge in [-0.3, -0.25) is 10.1 Å². The van der Waals surface area contributed by atoms with Crippen LogP contribution in [0.5, 0.6) is 0 Å². The van der Waals surface area contributed by atoms with Crippen LogP contribution in [0.1, 0.15) is 19.4 Å². The number of rotatable bonds is 9. The predicted molar refractivity (Wildman–Crippen MR) is 107 cm³/mol. The molecule has 0 fully saturated rings. The molecule has 1 atom stereocenters. The van der Waals surface area contributed by atoms with Crippen LogP contribution in [0, 0.1) is 10.1 Å². The first-order chi connectivity index (χ1) is 11.9. The maximum atomic E-state index is 10.7. The van der Waals surface area contributed by atoms with Gasteiger partial charge in [0.15, 0.2) is 0 Å². The number of nitrogens with two attached hydrogens (primary N) is 2. The Hall–Kier alpha value is -2.31. The number of non-ortho nitro benzene ring substituents is 1. The summed E-state index contributed by atoms with van der Waals surface area (Å²) in [5, 5.41) is 12.5. The van der Waals surface area contributed by atoms with Crippen LogP contribution >= 0.6 is 11.8 Å². The van der Waals surface area contributed by atoms with Gasteiger partial charge in [0.1, 0.15) is 0 Å². The van der Waals surface area contributed by atoms with Crippen LogP contribution in [-0.2, 0) is 6.42 Å². The molecule has 134 valence electrons. The van der Waals surface area contributed by atoms with Crippen molar-refractivity contribution in [3.05, 3.63) is 87.0 Å². The smallest absolute Gasteiger partial charge is 0.269 e. The minimum Gasteiger partial charge on any atom is -0.400 e. The van der Waals surface area contributed by atoms with Crippen molar-refractivity contribution in [2.45, 2.75) is 26.3 Å². The van der Waals surface area contributed by atoms with Crippen LogP contribution in [-0.4, -0.2) is 16.7 Å². The van der Waals surface area contributed by atoms with Crippen LogP contribution in [0.2, 0.25) is 0 Å². The molecule has 0 aliphatic rings. The summed E-state index contributed by atoms with van der Waals surface area (Å²) in [7, 11) is 0. The molecule has 0 saturated carbocycles. The molecule has 0 aliphatic carbocycles. The Kier molecular flexibility index (Phi) is 9.36. The number of nitro benzene ring substituents is 1. The first kappa shape index (κ1) is 20.7. The molecule has 0 spiro atoms. The number of hydrogen-bond donors (Lipinski definition) is 2. The third kappa shape index (κ3) is 8.37. The lowest BCUT2D eigenvalue weighted by Gasteiger charge is -2.12. The molecular weight excluding hydrogens is 334 g/mol. The molecule has 1 aromatic carbocycles. The van der Waals surface area contributed by atoms with E-state index in [1.165, 1.54) is 17.7 Å². The molecule has 1 aromatic rings. The van der Waals surface area contributed by atoms with Gasteiger partial charge in [-0.2, -0.15) is 0 Å². The fourth-order valence-electron chi connectivity index (χ4n) is 1.93. The van der Waals surface area contributed by atoms with E-state index in [1.54, 1.807) is 23.9 Å². The van der Waals surface area contributed by atoms with E-state index in [1.807, 2.05) is 36.6 Å². The van der Waals surface area contributed by atoms with Gasteiger partial charge in [0.05, 0.1) is 4.92 Å². The van der Waals surface area contributed by atoms with Crippen molar-refractivity contribution >= 4 is 17.4 Å². The maximum absolute atomic E-state index is 10.7. The Labute approximate surface area is 153 Å². The number of nitro groups is 1. The first-order valence-electron chi connectivity index (χ1n) is 7.95. The van der Waals surface area contributed by atoms with Crippen LogP contribution in [0.4, 0.5) is 5.69 Å². The normalized spacial score (nSPS) is 14.4. The molecule has 4 N–H and O–H groups in total. The summed E-state index contributed by atoms with van der Waals surface area (Å²) >= 11 is 1.60. The highest BCUT2D eigenvalue weighted by atomic mass is 32.2. The molecule has 0 aliphatic heterocycles. The molecule has 0 saturated heterocycles. The highest BCUT2D eigenvalue weighted by Crippen LogP contribution is 2.16. The van der Waals surface area contributed by atoms with Gasteiger partial charge in [-0.05, 0) is 31.2 Å². The summed E-state index contributed by atoms with van der Waals surface area (Å²) < 4.78 is 0. The van der Waals surface area contributed by atoms with Crippen molar-refractivity contribution in [2.24, 2.45) is 11.5 Å². The topological polar surface area (TPSA) is 95.2 Å². The molecule has 0 amide bonds. The Morgan fingerprint density at radius 3 is 2.56 bits per heavy atom. The molecule has 0 unspecified atom stereocenters. The van der Waals surface area contributed by atoms with E-state index < -0.39 is 4.92 Å². The number of hydrogen-bond acceptors (Lipinski definition) is 5. The van der Waals surface area contributed by atoms with Crippen LogP contribution in [0.3, 0.4) is 0 Å². The molecule has 6 heteroatoms. The number of nitrogens with zero attached hydrogens (tertiary/aromatic N) is 1. The van der Waals surface area contributed by atoms with E-state index in [4.69, 9.17) is 11.5 Å². The van der Waals surface area contributed by atoms with Crippen LogP contribution in [0.25, 0.3) is 0 Å². The van der Waals surface area contributed by atoms with Crippen molar-refractivity contribution in [1.29, 1.82) is 0 Å². The fourth-order valence-corrected chi connectivity index (χ4v) is 2.74. The Morgan fingerprint density at radius 2 is 1.96 bits per heavy atom. The van der Waals surface area contributed by atoms with E-state index in [-0.39, 0.29) is 11.7 Å². The molecular formula is C19H25N3O2S. The van der Waals surface area contributed by atoms with Gasteiger partial charge < -0.3 is 11.5 Å². The lowest BCUT2D eigenvalue weighted by molar-refractivity contribution is -0.384. The summed E-state index contributed by atoms with van der Waals surface area (Å²) in [6.45, 7) is 4.04. The van der Waals surface area contributed by atoms with E-state index in [0.717, 1.165) is 11.3 Å². The zero-order valence-corrected chi connectivity index (χ0v) is 15.4. The first-order valence-corrected chi connectivity index (χ1v) is 9.00. The molecule has 0 aromatic heterocycles. The standard InChI is InChI=1S/C19H25N3O2S/c1-3-4-5-6-7-15(2)13-25-14-19(21)18(20)12-16-8-10-17(11-9-16)22(23)24/h3-11,14,18H,12-13,20-21H2,1-2H3/b4-3-,6-5-,15-7+,19-14-/t18-/m0/s1. The van der Waals surface area contributed by atoms with Gasteiger partial charge in [-0.1, -0.05) is 48.1 Å². The van der Waals surface area contributed by atoms with E-state index >= 15 is 0 Å². The van der Waals surface area contributed by atoms with Crippen molar-refractivity contribution in [1.82, 2.24) is 0 Å². The van der Waals surface area contributed by atoms with Crippen LogP contribution in [0.15, 0.2) is 71.3 Å². The van der Waals surface area contributed by atoms with Crippen LogP contribution < -0.4 is 11.5 Å². The minimum absolute atomic E-state index is 0.0714. The highest BCUT2D eigenvalue weighted by molar-refractivity contribution is 8.02. The zero-order valence-electron chi connectivity index (χ0n) is 14.6. The second-order valence-corrected chi connectivity index (χ2v) is 6.44. The van der Waals surface area contributed by atoms with Gasteiger partial charge in [-0.15, -0.1) is 11.8 Å². The summed E-state index contributed by atoms with van der Waals surface area (Å²) in [5.74, 6) is 0.838. The molecule has 5 nitrogen and oxygen atoms in total.